The maximum Gasteiger partial charge on any atom is 0.251 e. The molecular formula is C13H17N5O. The summed E-state index contributed by atoms with van der Waals surface area (Å²) in [6.07, 6.45) is 3.63. The molecule has 6 nitrogen and oxygen atoms in total. The van der Waals surface area contributed by atoms with Gasteiger partial charge in [-0.1, -0.05) is 0 Å². The molecule has 1 aromatic heterocycles. The molecule has 2 aromatic rings. The second kappa shape index (κ2) is 5.90. The van der Waals surface area contributed by atoms with E-state index in [1.807, 2.05) is 16.9 Å². The van der Waals surface area contributed by atoms with E-state index in [1.165, 1.54) is 0 Å². The minimum atomic E-state index is -0.130. The second-order valence-corrected chi connectivity index (χ2v) is 4.08. The predicted molar refractivity (Wildman–Crippen MR) is 75.0 cm³/mol. The highest BCUT2D eigenvalue weighted by atomic mass is 16.1. The normalized spacial score (nSPS) is 10.2. The van der Waals surface area contributed by atoms with Crippen LogP contribution in [-0.4, -0.2) is 29.3 Å². The van der Waals surface area contributed by atoms with Gasteiger partial charge < -0.3 is 16.4 Å². The van der Waals surface area contributed by atoms with Crippen molar-refractivity contribution in [2.24, 2.45) is 0 Å². The third kappa shape index (κ3) is 3.25. The number of hydrogen-bond acceptors (Lipinski definition) is 4. The van der Waals surface area contributed by atoms with Crippen LogP contribution in [0.2, 0.25) is 0 Å². The van der Waals surface area contributed by atoms with Crippen LogP contribution in [0, 0.1) is 0 Å². The summed E-state index contributed by atoms with van der Waals surface area (Å²) in [5.41, 5.74) is 7.83. The lowest BCUT2D eigenvalue weighted by Gasteiger charge is -2.11. The van der Waals surface area contributed by atoms with E-state index in [9.17, 15) is 4.79 Å². The van der Waals surface area contributed by atoms with Gasteiger partial charge >= 0.3 is 0 Å². The van der Waals surface area contributed by atoms with Gasteiger partial charge in [0.1, 0.15) is 0 Å². The molecule has 0 radical (unpaired) electrons. The molecule has 100 valence electrons. The molecule has 19 heavy (non-hydrogen) atoms. The molecule has 1 heterocycles. The summed E-state index contributed by atoms with van der Waals surface area (Å²) in [5, 5.41) is 9.90. The Hall–Kier alpha value is -2.50. The summed E-state index contributed by atoms with van der Waals surface area (Å²) < 4.78 is 1.83. The summed E-state index contributed by atoms with van der Waals surface area (Å²) in [5.74, 6) is -0.130. The lowest BCUT2D eigenvalue weighted by atomic mass is 10.1. The van der Waals surface area contributed by atoms with Crippen molar-refractivity contribution in [3.8, 4) is 0 Å². The van der Waals surface area contributed by atoms with E-state index >= 15 is 0 Å². The summed E-state index contributed by atoms with van der Waals surface area (Å²) in [7, 11) is 1.60. The number of hydrogen-bond donors (Lipinski definition) is 3. The molecule has 0 fully saturated rings. The standard InChI is InChI=1S/C13H17N5O/c1-15-13(19)10-3-4-11(14)12(9-10)16-6-8-18-7-2-5-17-18/h2-5,7,9,16H,6,8,14H2,1H3,(H,15,19). The highest BCUT2D eigenvalue weighted by Crippen LogP contribution is 2.19. The molecule has 1 amide bonds. The van der Waals surface area contributed by atoms with Crippen LogP contribution in [0.3, 0.4) is 0 Å². The van der Waals surface area contributed by atoms with Crippen molar-refractivity contribution in [2.75, 3.05) is 24.6 Å². The lowest BCUT2D eigenvalue weighted by molar-refractivity contribution is 0.0963. The molecule has 0 aliphatic heterocycles. The van der Waals surface area contributed by atoms with E-state index in [-0.39, 0.29) is 5.91 Å². The van der Waals surface area contributed by atoms with Gasteiger partial charge in [-0.15, -0.1) is 0 Å². The van der Waals surface area contributed by atoms with E-state index in [2.05, 4.69) is 15.7 Å². The van der Waals surface area contributed by atoms with Crippen LogP contribution in [0.25, 0.3) is 0 Å². The third-order valence-corrected chi connectivity index (χ3v) is 2.76. The van der Waals surface area contributed by atoms with Gasteiger partial charge in [-0.25, -0.2) is 0 Å². The van der Waals surface area contributed by atoms with Gasteiger partial charge in [0.15, 0.2) is 0 Å². The maximum atomic E-state index is 11.5. The fraction of sp³-hybridized carbons (Fsp3) is 0.231. The smallest absolute Gasteiger partial charge is 0.251 e. The average molecular weight is 259 g/mol. The summed E-state index contributed by atoms with van der Waals surface area (Å²) in [4.78, 5) is 11.5. The number of anilines is 2. The molecule has 0 spiro atoms. The van der Waals surface area contributed by atoms with Crippen LogP contribution in [0.5, 0.6) is 0 Å². The molecule has 0 aliphatic carbocycles. The number of carbonyl (C=O) groups is 1. The van der Waals surface area contributed by atoms with Gasteiger partial charge in [-0.2, -0.15) is 5.10 Å². The van der Waals surface area contributed by atoms with Gasteiger partial charge in [0.05, 0.1) is 17.9 Å². The van der Waals surface area contributed by atoms with Crippen molar-refractivity contribution < 1.29 is 4.79 Å². The summed E-state index contributed by atoms with van der Waals surface area (Å²) in [6.45, 7) is 1.42. The van der Waals surface area contributed by atoms with E-state index in [0.717, 1.165) is 12.2 Å². The molecule has 0 aliphatic rings. The zero-order valence-corrected chi connectivity index (χ0v) is 10.8. The Morgan fingerprint density at radius 1 is 1.47 bits per heavy atom. The van der Waals surface area contributed by atoms with E-state index in [1.54, 1.807) is 31.4 Å². The number of amides is 1. The Bertz CT molecular complexity index is 550. The maximum absolute atomic E-state index is 11.5. The Morgan fingerprint density at radius 3 is 3.00 bits per heavy atom. The van der Waals surface area contributed by atoms with Crippen LogP contribution in [-0.2, 0) is 6.54 Å². The van der Waals surface area contributed by atoms with E-state index in [0.29, 0.717) is 17.8 Å². The number of nitrogens with zero attached hydrogens (tertiary/aromatic N) is 2. The van der Waals surface area contributed by atoms with E-state index < -0.39 is 0 Å². The monoisotopic (exact) mass is 259 g/mol. The minimum absolute atomic E-state index is 0.130. The predicted octanol–water partition coefficient (Wildman–Crippen LogP) is 0.937. The quantitative estimate of drug-likeness (QED) is 0.698. The topological polar surface area (TPSA) is 85.0 Å². The molecule has 6 heteroatoms. The SMILES string of the molecule is CNC(=O)c1ccc(N)c(NCCn2cccn2)c1. The first kappa shape index (κ1) is 12.9. The van der Waals surface area contributed by atoms with Gasteiger partial charge in [0.2, 0.25) is 0 Å². The second-order valence-electron chi connectivity index (χ2n) is 4.08. The number of nitrogens with two attached hydrogens (primary N) is 1. The van der Waals surface area contributed by atoms with Crippen LogP contribution >= 0.6 is 0 Å². The summed E-state index contributed by atoms with van der Waals surface area (Å²) in [6, 6.07) is 7.05. The molecule has 1 aromatic carbocycles. The van der Waals surface area contributed by atoms with Crippen molar-refractivity contribution in [1.29, 1.82) is 0 Å². The number of benzene rings is 1. The molecule has 0 bridgehead atoms. The van der Waals surface area contributed by atoms with Crippen molar-refractivity contribution in [2.45, 2.75) is 6.54 Å². The third-order valence-electron chi connectivity index (χ3n) is 2.76. The highest BCUT2D eigenvalue weighted by Gasteiger charge is 2.06. The average Bonchev–Trinajstić information content (AvgIpc) is 2.93. The first-order valence-corrected chi connectivity index (χ1v) is 6.03. The minimum Gasteiger partial charge on any atom is -0.397 e. The largest absolute Gasteiger partial charge is 0.397 e. The molecule has 2 rings (SSSR count). The first-order valence-electron chi connectivity index (χ1n) is 6.03. The zero-order valence-electron chi connectivity index (χ0n) is 10.8. The van der Waals surface area contributed by atoms with E-state index in [4.69, 9.17) is 5.73 Å². The zero-order chi connectivity index (χ0) is 13.7. The van der Waals surface area contributed by atoms with Crippen LogP contribution in [0.15, 0.2) is 36.7 Å². The fourth-order valence-electron chi connectivity index (χ4n) is 1.73. The number of rotatable bonds is 5. The first-order chi connectivity index (χ1) is 9.20. The van der Waals surface area contributed by atoms with Crippen LogP contribution < -0.4 is 16.4 Å². The number of aromatic nitrogens is 2. The van der Waals surface area contributed by atoms with Gasteiger partial charge in [0.25, 0.3) is 5.91 Å². The van der Waals surface area contributed by atoms with Crippen LogP contribution in [0.4, 0.5) is 11.4 Å². The van der Waals surface area contributed by atoms with Crippen molar-refractivity contribution >= 4 is 17.3 Å². The number of nitrogen functional groups attached to an aromatic ring is 1. The molecule has 0 saturated heterocycles. The number of carbonyl (C=O) groups excluding carboxylic acids is 1. The van der Waals surface area contributed by atoms with Gasteiger partial charge in [-0.05, 0) is 24.3 Å². The highest BCUT2D eigenvalue weighted by molar-refractivity contribution is 5.96. The van der Waals surface area contributed by atoms with Crippen molar-refractivity contribution in [1.82, 2.24) is 15.1 Å². The Labute approximate surface area is 111 Å². The Balaban J connectivity index is 2.00. The lowest BCUT2D eigenvalue weighted by Crippen LogP contribution is -2.18. The van der Waals surface area contributed by atoms with Gasteiger partial charge in [0, 0.05) is 31.5 Å². The summed E-state index contributed by atoms with van der Waals surface area (Å²) >= 11 is 0. The molecular weight excluding hydrogens is 242 g/mol. The number of nitrogens with one attached hydrogen (secondary N) is 2. The van der Waals surface area contributed by atoms with Crippen LogP contribution in [0.1, 0.15) is 10.4 Å². The molecule has 0 atom stereocenters. The fourth-order valence-corrected chi connectivity index (χ4v) is 1.73. The Morgan fingerprint density at radius 2 is 2.32 bits per heavy atom. The van der Waals surface area contributed by atoms with Crippen molar-refractivity contribution in [3.05, 3.63) is 42.2 Å². The molecule has 0 unspecified atom stereocenters. The molecule has 4 N–H and O–H groups in total. The van der Waals surface area contributed by atoms with Crippen molar-refractivity contribution in [3.63, 3.8) is 0 Å². The van der Waals surface area contributed by atoms with Gasteiger partial charge in [-0.3, -0.25) is 9.48 Å². The Kier molecular flexibility index (Phi) is 4.02. The molecule has 0 saturated carbocycles.